The number of halogens is 5. The van der Waals surface area contributed by atoms with Gasteiger partial charge in [-0.2, -0.15) is 18.2 Å². The van der Waals surface area contributed by atoms with Crippen LogP contribution in [0.4, 0.5) is 17.6 Å². The molecule has 0 fully saturated rings. The van der Waals surface area contributed by atoms with E-state index in [9.17, 15) is 17.6 Å². The van der Waals surface area contributed by atoms with Crippen molar-refractivity contribution in [1.82, 2.24) is 19.5 Å². The molecule has 0 atom stereocenters. The molecule has 0 saturated carbocycles. The quantitative estimate of drug-likeness (QED) is 0.443. The summed E-state index contributed by atoms with van der Waals surface area (Å²) in [6.07, 6.45) is -3.14. The van der Waals surface area contributed by atoms with Crippen LogP contribution in [0, 0.1) is 5.82 Å². The minimum Gasteiger partial charge on any atom is -0.473 e. The van der Waals surface area contributed by atoms with Gasteiger partial charge in [0.05, 0.1) is 5.56 Å². The molecule has 0 N–H and O–H groups in total. The summed E-state index contributed by atoms with van der Waals surface area (Å²) in [6, 6.07) is 5.72. The standard InChI is InChI=1S/C18H15ClF4N4O/c1-3-11-7-15(26-17(19)24-11)28-9-10-4-5-12(13(20)6-10)16-25-14(8-27(16)2)18(21,22)23/h4-8H,3,9H2,1-2H3. The predicted molar refractivity (Wildman–Crippen MR) is 94.4 cm³/mol. The van der Waals surface area contributed by atoms with Crippen LogP contribution >= 0.6 is 11.6 Å². The average Bonchev–Trinajstić information content (AvgIpc) is 3.01. The van der Waals surface area contributed by atoms with E-state index in [1.807, 2.05) is 6.92 Å². The van der Waals surface area contributed by atoms with Crippen LogP contribution in [0.15, 0.2) is 30.5 Å². The summed E-state index contributed by atoms with van der Waals surface area (Å²) < 4.78 is 59.5. The lowest BCUT2D eigenvalue weighted by Crippen LogP contribution is -2.05. The summed E-state index contributed by atoms with van der Waals surface area (Å²) in [4.78, 5) is 11.5. The summed E-state index contributed by atoms with van der Waals surface area (Å²) >= 11 is 5.82. The monoisotopic (exact) mass is 414 g/mol. The third kappa shape index (κ3) is 4.41. The van der Waals surface area contributed by atoms with Crippen molar-refractivity contribution in [2.75, 3.05) is 0 Å². The van der Waals surface area contributed by atoms with Crippen LogP contribution in [-0.2, 0) is 26.3 Å². The van der Waals surface area contributed by atoms with Gasteiger partial charge in [-0.25, -0.2) is 14.4 Å². The number of benzene rings is 1. The van der Waals surface area contributed by atoms with Crippen molar-refractivity contribution in [2.45, 2.75) is 26.1 Å². The Labute approximate surface area is 163 Å². The Bertz CT molecular complexity index is 1000. The molecule has 0 aliphatic heterocycles. The highest BCUT2D eigenvalue weighted by atomic mass is 35.5. The first kappa shape index (κ1) is 20.1. The second-order valence-corrected chi connectivity index (χ2v) is 6.32. The molecule has 0 aliphatic rings. The van der Waals surface area contributed by atoms with Crippen LogP contribution in [0.3, 0.4) is 0 Å². The third-order valence-electron chi connectivity index (χ3n) is 3.92. The highest BCUT2D eigenvalue weighted by Gasteiger charge is 2.34. The lowest BCUT2D eigenvalue weighted by Gasteiger charge is -2.09. The molecule has 1 aromatic carbocycles. The Hall–Kier alpha value is -2.68. The van der Waals surface area contributed by atoms with E-state index >= 15 is 0 Å². The minimum atomic E-state index is -4.60. The van der Waals surface area contributed by atoms with Crippen molar-refractivity contribution < 1.29 is 22.3 Å². The van der Waals surface area contributed by atoms with Crippen LogP contribution in [0.25, 0.3) is 11.4 Å². The van der Waals surface area contributed by atoms with E-state index in [4.69, 9.17) is 16.3 Å². The second-order valence-electron chi connectivity index (χ2n) is 5.98. The largest absolute Gasteiger partial charge is 0.473 e. The number of hydrogen-bond donors (Lipinski definition) is 0. The van der Waals surface area contributed by atoms with Crippen LogP contribution < -0.4 is 4.74 Å². The van der Waals surface area contributed by atoms with Crippen molar-refractivity contribution in [1.29, 1.82) is 0 Å². The van der Waals surface area contributed by atoms with Gasteiger partial charge in [-0.3, -0.25) is 0 Å². The Morgan fingerprint density at radius 3 is 2.50 bits per heavy atom. The number of aromatic nitrogens is 4. The van der Waals surface area contributed by atoms with Gasteiger partial charge in [0.2, 0.25) is 11.2 Å². The van der Waals surface area contributed by atoms with E-state index in [1.54, 1.807) is 12.1 Å². The molecule has 0 amide bonds. The fraction of sp³-hybridized carbons (Fsp3) is 0.278. The Morgan fingerprint density at radius 1 is 1.14 bits per heavy atom. The third-order valence-corrected chi connectivity index (χ3v) is 4.09. The molecule has 2 aromatic heterocycles. The van der Waals surface area contributed by atoms with Crippen LogP contribution in [-0.4, -0.2) is 19.5 Å². The normalized spacial score (nSPS) is 11.7. The SMILES string of the molecule is CCc1cc(OCc2ccc(-c3nc(C(F)(F)F)cn3C)c(F)c2)nc(Cl)n1. The zero-order chi connectivity index (χ0) is 20.5. The maximum Gasteiger partial charge on any atom is 0.434 e. The summed E-state index contributed by atoms with van der Waals surface area (Å²) in [5, 5.41) is 0.0473. The van der Waals surface area contributed by atoms with E-state index in [1.165, 1.54) is 19.2 Å². The fourth-order valence-electron chi connectivity index (χ4n) is 2.54. The molecule has 0 radical (unpaired) electrons. The van der Waals surface area contributed by atoms with Crippen molar-refractivity contribution in [3.05, 3.63) is 58.5 Å². The zero-order valence-corrected chi connectivity index (χ0v) is 15.6. The minimum absolute atomic E-state index is 0.00205. The molecule has 0 unspecified atom stereocenters. The van der Waals surface area contributed by atoms with Crippen LogP contribution in [0.1, 0.15) is 23.9 Å². The number of nitrogens with zero attached hydrogens (tertiary/aromatic N) is 4. The van der Waals surface area contributed by atoms with Gasteiger partial charge in [-0.05, 0) is 35.7 Å². The van der Waals surface area contributed by atoms with Crippen molar-refractivity contribution in [3.8, 4) is 17.3 Å². The van der Waals surface area contributed by atoms with Crippen molar-refractivity contribution in [2.24, 2.45) is 7.05 Å². The molecule has 0 spiro atoms. The van der Waals surface area contributed by atoms with E-state index in [0.29, 0.717) is 17.7 Å². The average molecular weight is 415 g/mol. The Morgan fingerprint density at radius 2 is 1.89 bits per heavy atom. The number of rotatable bonds is 5. The summed E-state index contributed by atoms with van der Waals surface area (Å²) in [5.41, 5.74) is 0.0512. The number of hydrogen-bond acceptors (Lipinski definition) is 4. The lowest BCUT2D eigenvalue weighted by atomic mass is 10.1. The summed E-state index contributed by atoms with van der Waals surface area (Å²) in [7, 11) is 1.37. The van der Waals surface area contributed by atoms with Crippen molar-refractivity contribution >= 4 is 11.6 Å². The van der Waals surface area contributed by atoms with Crippen LogP contribution in [0.2, 0.25) is 5.28 Å². The molecule has 3 rings (SSSR count). The number of aryl methyl sites for hydroxylation is 2. The highest BCUT2D eigenvalue weighted by Crippen LogP contribution is 2.31. The topological polar surface area (TPSA) is 52.8 Å². The maximum atomic E-state index is 14.5. The van der Waals surface area contributed by atoms with E-state index < -0.39 is 17.7 Å². The molecular formula is C18H15ClF4N4O. The van der Waals surface area contributed by atoms with E-state index in [0.717, 1.165) is 10.8 Å². The van der Waals surface area contributed by atoms with Gasteiger partial charge in [0.1, 0.15) is 18.2 Å². The molecular weight excluding hydrogens is 400 g/mol. The molecule has 148 valence electrons. The fourth-order valence-corrected chi connectivity index (χ4v) is 2.73. The predicted octanol–water partition coefficient (Wildman–Crippen LogP) is 4.83. The Balaban J connectivity index is 1.80. The first-order valence-corrected chi connectivity index (χ1v) is 8.60. The smallest absolute Gasteiger partial charge is 0.434 e. The highest BCUT2D eigenvalue weighted by molar-refractivity contribution is 6.28. The van der Waals surface area contributed by atoms with Crippen molar-refractivity contribution in [3.63, 3.8) is 0 Å². The van der Waals surface area contributed by atoms with E-state index in [-0.39, 0.29) is 29.2 Å². The van der Waals surface area contributed by atoms with Gasteiger partial charge in [0.25, 0.3) is 0 Å². The number of imidazole rings is 1. The lowest BCUT2D eigenvalue weighted by molar-refractivity contribution is -0.140. The van der Waals surface area contributed by atoms with Gasteiger partial charge < -0.3 is 9.30 Å². The van der Waals surface area contributed by atoms with Gasteiger partial charge in [-0.1, -0.05) is 13.0 Å². The second kappa shape index (κ2) is 7.75. The molecule has 0 bridgehead atoms. The summed E-state index contributed by atoms with van der Waals surface area (Å²) in [6.45, 7) is 1.90. The molecule has 5 nitrogen and oxygen atoms in total. The molecule has 2 heterocycles. The van der Waals surface area contributed by atoms with Gasteiger partial charge >= 0.3 is 6.18 Å². The molecule has 28 heavy (non-hydrogen) atoms. The van der Waals surface area contributed by atoms with Gasteiger partial charge in [0, 0.05) is 25.0 Å². The van der Waals surface area contributed by atoms with Gasteiger partial charge in [-0.15, -0.1) is 0 Å². The first-order valence-electron chi connectivity index (χ1n) is 8.23. The van der Waals surface area contributed by atoms with Gasteiger partial charge in [0.15, 0.2) is 5.69 Å². The molecule has 0 saturated heterocycles. The maximum absolute atomic E-state index is 14.5. The first-order chi connectivity index (χ1) is 13.2. The molecule has 0 aliphatic carbocycles. The molecule has 3 aromatic rings. The zero-order valence-electron chi connectivity index (χ0n) is 14.9. The van der Waals surface area contributed by atoms with Crippen LogP contribution in [0.5, 0.6) is 5.88 Å². The number of alkyl halides is 3. The number of ether oxygens (including phenoxy) is 1. The summed E-state index contributed by atoms with van der Waals surface area (Å²) in [5.74, 6) is -0.578. The molecule has 10 heteroatoms. The Kier molecular flexibility index (Phi) is 5.55. The van der Waals surface area contributed by atoms with E-state index in [2.05, 4.69) is 15.0 Å².